The van der Waals surface area contributed by atoms with E-state index >= 15 is 0 Å². The summed E-state index contributed by atoms with van der Waals surface area (Å²) >= 11 is 0. The minimum atomic E-state index is -2.94. The maximum Gasteiger partial charge on any atom is 0.299 e. The van der Waals surface area contributed by atoms with Gasteiger partial charge in [-0.15, -0.1) is 0 Å². The molecular weight excluding hydrogens is 342 g/mol. The first-order valence-corrected chi connectivity index (χ1v) is 9.61. The normalized spacial score (nSPS) is 23.4. The summed E-state index contributed by atoms with van der Waals surface area (Å²) in [5.41, 5.74) is 4.88. The van der Waals surface area contributed by atoms with Crippen LogP contribution in [0.2, 0.25) is 0 Å². The molecule has 2 N–H and O–H groups in total. The fourth-order valence-corrected chi connectivity index (χ4v) is 4.82. The fourth-order valence-electron chi connectivity index (χ4n) is 4.82. The summed E-state index contributed by atoms with van der Waals surface area (Å²) in [5, 5.41) is 3.61. The molecule has 1 saturated carbocycles. The van der Waals surface area contributed by atoms with Crippen LogP contribution in [0.3, 0.4) is 0 Å². The summed E-state index contributed by atoms with van der Waals surface area (Å²) in [6, 6.07) is 16.7. The van der Waals surface area contributed by atoms with E-state index in [9.17, 15) is 8.78 Å². The molecule has 4 heteroatoms. The SMILES string of the molecule is FC1(F)c2ccccc2-c2ccc(-c3ccc(C4CC5(CC5)CN4)[nH]3)cc21. The highest BCUT2D eigenvalue weighted by Gasteiger charge is 2.48. The molecule has 2 aliphatic carbocycles. The third kappa shape index (κ3) is 2.19. The lowest BCUT2D eigenvalue weighted by molar-refractivity contribution is 0.0480. The molecule has 0 bridgehead atoms. The molecule has 2 heterocycles. The van der Waals surface area contributed by atoms with Crippen LogP contribution in [0.1, 0.15) is 42.1 Å². The van der Waals surface area contributed by atoms with Gasteiger partial charge < -0.3 is 10.3 Å². The first-order valence-electron chi connectivity index (χ1n) is 9.61. The van der Waals surface area contributed by atoms with Gasteiger partial charge in [-0.1, -0.05) is 36.4 Å². The minimum Gasteiger partial charge on any atom is -0.357 e. The van der Waals surface area contributed by atoms with Gasteiger partial charge in [0.1, 0.15) is 0 Å². The van der Waals surface area contributed by atoms with Crippen molar-refractivity contribution in [2.45, 2.75) is 31.2 Å². The van der Waals surface area contributed by atoms with E-state index in [4.69, 9.17) is 0 Å². The van der Waals surface area contributed by atoms with Crippen molar-refractivity contribution in [1.82, 2.24) is 10.3 Å². The molecule has 1 atom stereocenters. The van der Waals surface area contributed by atoms with Crippen LogP contribution in [-0.2, 0) is 5.92 Å². The number of hydrogen-bond acceptors (Lipinski definition) is 1. The van der Waals surface area contributed by atoms with Crippen molar-refractivity contribution >= 4 is 0 Å². The number of aromatic amines is 1. The van der Waals surface area contributed by atoms with Gasteiger partial charge in [-0.05, 0) is 59.6 Å². The van der Waals surface area contributed by atoms with Gasteiger partial charge >= 0.3 is 0 Å². The highest BCUT2D eigenvalue weighted by atomic mass is 19.3. The highest BCUT2D eigenvalue weighted by molar-refractivity contribution is 5.82. The number of H-pyrrole nitrogens is 1. The molecule has 27 heavy (non-hydrogen) atoms. The van der Waals surface area contributed by atoms with Crippen molar-refractivity contribution in [2.75, 3.05) is 6.54 Å². The van der Waals surface area contributed by atoms with Crippen molar-refractivity contribution in [2.24, 2.45) is 5.41 Å². The number of alkyl halides is 2. The van der Waals surface area contributed by atoms with Crippen molar-refractivity contribution < 1.29 is 8.78 Å². The summed E-state index contributed by atoms with van der Waals surface area (Å²) in [7, 11) is 0. The van der Waals surface area contributed by atoms with Gasteiger partial charge in [0.05, 0.1) is 0 Å². The average Bonchev–Trinajstić information content (AvgIpc) is 3.03. The van der Waals surface area contributed by atoms with Crippen LogP contribution in [0.25, 0.3) is 22.4 Å². The number of fused-ring (bicyclic) bond motifs is 3. The minimum absolute atomic E-state index is 0.105. The third-order valence-electron chi connectivity index (χ3n) is 6.63. The van der Waals surface area contributed by atoms with E-state index < -0.39 is 5.92 Å². The molecular formula is C23H20F2N2. The van der Waals surface area contributed by atoms with Gasteiger partial charge in [0.15, 0.2) is 0 Å². The maximum atomic E-state index is 14.9. The Hall–Kier alpha value is -2.46. The number of hydrogen-bond donors (Lipinski definition) is 2. The fraction of sp³-hybridized carbons (Fsp3) is 0.304. The van der Waals surface area contributed by atoms with Crippen LogP contribution in [0.15, 0.2) is 54.6 Å². The molecule has 1 spiro atoms. The zero-order valence-corrected chi connectivity index (χ0v) is 14.9. The Labute approximate surface area is 156 Å². The highest BCUT2D eigenvalue weighted by Crippen LogP contribution is 2.55. The van der Waals surface area contributed by atoms with E-state index in [1.54, 1.807) is 18.2 Å². The Balaban J connectivity index is 1.37. The quantitative estimate of drug-likeness (QED) is 0.609. The molecule has 2 aromatic carbocycles. The Morgan fingerprint density at radius 3 is 2.52 bits per heavy atom. The van der Waals surface area contributed by atoms with Gasteiger partial charge in [0, 0.05) is 35.1 Å². The smallest absolute Gasteiger partial charge is 0.299 e. The van der Waals surface area contributed by atoms with Crippen LogP contribution in [0.5, 0.6) is 0 Å². The van der Waals surface area contributed by atoms with E-state index in [0.717, 1.165) is 23.5 Å². The van der Waals surface area contributed by atoms with Crippen molar-refractivity contribution in [3.63, 3.8) is 0 Å². The molecule has 3 aromatic rings. The standard InChI is InChI=1S/C23H20F2N2/c24-23(25)17-4-2-1-3-15(17)16-6-5-14(11-18(16)23)19-7-8-20(27-19)21-12-22(9-10-22)13-26-21/h1-8,11,21,26-27H,9-10,12-13H2. The van der Waals surface area contributed by atoms with Crippen molar-refractivity contribution in [3.05, 3.63) is 71.4 Å². The predicted octanol–water partition coefficient (Wildman–Crippen LogP) is 5.62. The van der Waals surface area contributed by atoms with Gasteiger partial charge in [0.25, 0.3) is 5.92 Å². The monoisotopic (exact) mass is 362 g/mol. The molecule has 0 radical (unpaired) electrons. The molecule has 2 nitrogen and oxygen atoms in total. The number of nitrogens with one attached hydrogen (secondary N) is 2. The van der Waals surface area contributed by atoms with E-state index in [1.807, 2.05) is 24.3 Å². The van der Waals surface area contributed by atoms with E-state index in [0.29, 0.717) is 22.6 Å². The lowest BCUT2D eigenvalue weighted by Crippen LogP contribution is -2.14. The number of rotatable bonds is 2. The molecule has 6 rings (SSSR count). The summed E-state index contributed by atoms with van der Waals surface area (Å²) in [6.45, 7) is 1.09. The Morgan fingerprint density at radius 2 is 1.70 bits per heavy atom. The van der Waals surface area contributed by atoms with Gasteiger partial charge in [-0.3, -0.25) is 0 Å². The van der Waals surface area contributed by atoms with Gasteiger partial charge in [0.2, 0.25) is 0 Å². The Kier molecular flexibility index (Phi) is 2.93. The third-order valence-corrected chi connectivity index (χ3v) is 6.63. The molecule has 3 aliphatic rings. The van der Waals surface area contributed by atoms with Gasteiger partial charge in [-0.2, -0.15) is 8.78 Å². The Morgan fingerprint density at radius 1 is 0.889 bits per heavy atom. The number of halogens is 2. The maximum absolute atomic E-state index is 14.9. The number of aromatic nitrogens is 1. The Bertz CT molecular complexity index is 1060. The lowest BCUT2D eigenvalue weighted by atomic mass is 10.0. The van der Waals surface area contributed by atoms with E-state index in [1.165, 1.54) is 25.3 Å². The second-order valence-corrected chi connectivity index (χ2v) is 8.35. The molecule has 0 amide bonds. The van der Waals surface area contributed by atoms with E-state index in [2.05, 4.69) is 16.4 Å². The van der Waals surface area contributed by atoms with Crippen LogP contribution in [0.4, 0.5) is 8.78 Å². The molecule has 1 aromatic heterocycles. The topological polar surface area (TPSA) is 27.8 Å². The molecule has 1 aliphatic heterocycles. The summed E-state index contributed by atoms with van der Waals surface area (Å²) in [5.74, 6) is -2.94. The largest absolute Gasteiger partial charge is 0.357 e. The average molecular weight is 362 g/mol. The van der Waals surface area contributed by atoms with Gasteiger partial charge in [-0.25, -0.2) is 0 Å². The van der Waals surface area contributed by atoms with Crippen molar-refractivity contribution in [1.29, 1.82) is 0 Å². The van der Waals surface area contributed by atoms with Crippen LogP contribution >= 0.6 is 0 Å². The molecule has 2 fully saturated rings. The lowest BCUT2D eigenvalue weighted by Gasteiger charge is -2.13. The van der Waals surface area contributed by atoms with Crippen LogP contribution < -0.4 is 5.32 Å². The first-order chi connectivity index (χ1) is 13.1. The predicted molar refractivity (Wildman–Crippen MR) is 102 cm³/mol. The first kappa shape index (κ1) is 15.6. The van der Waals surface area contributed by atoms with Crippen molar-refractivity contribution in [3.8, 4) is 22.4 Å². The summed E-state index contributed by atoms with van der Waals surface area (Å²) in [4.78, 5) is 3.47. The zero-order valence-electron chi connectivity index (χ0n) is 14.9. The molecule has 1 saturated heterocycles. The second-order valence-electron chi connectivity index (χ2n) is 8.35. The van der Waals surface area contributed by atoms with Crippen LogP contribution in [-0.4, -0.2) is 11.5 Å². The van der Waals surface area contributed by atoms with E-state index in [-0.39, 0.29) is 11.1 Å². The summed E-state index contributed by atoms with van der Waals surface area (Å²) < 4.78 is 29.9. The summed E-state index contributed by atoms with van der Waals surface area (Å²) in [6.07, 6.45) is 3.82. The number of benzene rings is 2. The second kappa shape index (κ2) is 5.08. The molecule has 1 unspecified atom stereocenters. The molecule has 136 valence electrons. The zero-order chi connectivity index (χ0) is 18.2. The van der Waals surface area contributed by atoms with Crippen LogP contribution in [0, 0.1) is 5.41 Å².